The van der Waals surface area contributed by atoms with Gasteiger partial charge in [0.05, 0.1) is 12.3 Å². The van der Waals surface area contributed by atoms with Crippen molar-refractivity contribution in [3.8, 4) is 0 Å². The molecule has 0 fully saturated rings. The predicted octanol–water partition coefficient (Wildman–Crippen LogP) is 0.325. The molecular formula is C9H13N5O2. The first-order valence-electron chi connectivity index (χ1n) is 5.08. The third-order valence-corrected chi connectivity index (χ3v) is 2.09. The molecule has 16 heavy (non-hydrogen) atoms. The van der Waals surface area contributed by atoms with E-state index in [1.54, 1.807) is 17.8 Å². The van der Waals surface area contributed by atoms with Crippen LogP contribution in [0.2, 0.25) is 0 Å². The van der Waals surface area contributed by atoms with E-state index in [0.29, 0.717) is 30.4 Å². The Morgan fingerprint density at radius 3 is 2.69 bits per heavy atom. The zero-order valence-corrected chi connectivity index (χ0v) is 9.16. The van der Waals surface area contributed by atoms with Gasteiger partial charge < -0.3 is 9.52 Å². The molecule has 1 unspecified atom stereocenters. The third-order valence-electron chi connectivity index (χ3n) is 2.09. The molecule has 0 aliphatic rings. The van der Waals surface area contributed by atoms with Crippen molar-refractivity contribution in [2.45, 2.75) is 32.9 Å². The zero-order valence-electron chi connectivity index (χ0n) is 9.16. The maximum Gasteiger partial charge on any atom is 0.237 e. The Morgan fingerprint density at radius 1 is 1.38 bits per heavy atom. The van der Waals surface area contributed by atoms with Gasteiger partial charge in [-0.05, 0) is 6.92 Å². The summed E-state index contributed by atoms with van der Waals surface area (Å²) in [7, 11) is 0. The quantitative estimate of drug-likeness (QED) is 0.803. The Balaban J connectivity index is 2.08. The molecule has 0 bridgehead atoms. The van der Waals surface area contributed by atoms with Crippen LogP contribution in [0.1, 0.15) is 37.4 Å². The van der Waals surface area contributed by atoms with E-state index in [0.717, 1.165) is 0 Å². The standard InChI is InChI=1S/C9H13N5O2/c1-3-8-11-12-9(16-8)5-14-4-7(6(2)15)10-13-14/h4,6,15H,3,5H2,1-2H3. The lowest BCUT2D eigenvalue weighted by Crippen LogP contribution is -2.00. The van der Waals surface area contributed by atoms with Crippen molar-refractivity contribution in [2.75, 3.05) is 0 Å². The van der Waals surface area contributed by atoms with Crippen LogP contribution in [0, 0.1) is 0 Å². The smallest absolute Gasteiger partial charge is 0.237 e. The summed E-state index contributed by atoms with van der Waals surface area (Å²) in [6, 6.07) is 0. The maximum atomic E-state index is 9.28. The Kier molecular flexibility index (Phi) is 2.95. The zero-order chi connectivity index (χ0) is 11.5. The second kappa shape index (κ2) is 4.40. The van der Waals surface area contributed by atoms with E-state index in [4.69, 9.17) is 4.42 Å². The summed E-state index contributed by atoms with van der Waals surface area (Å²) in [5.74, 6) is 1.09. The van der Waals surface area contributed by atoms with E-state index < -0.39 is 6.10 Å². The van der Waals surface area contributed by atoms with Crippen molar-refractivity contribution in [2.24, 2.45) is 0 Å². The second-order valence-corrected chi connectivity index (χ2v) is 3.46. The van der Waals surface area contributed by atoms with Crippen molar-refractivity contribution >= 4 is 0 Å². The molecule has 0 saturated heterocycles. The number of aliphatic hydroxyl groups excluding tert-OH is 1. The van der Waals surface area contributed by atoms with Crippen LogP contribution in [-0.4, -0.2) is 30.3 Å². The molecule has 0 aliphatic heterocycles. The number of aryl methyl sites for hydroxylation is 1. The van der Waals surface area contributed by atoms with E-state index in [9.17, 15) is 5.11 Å². The number of aliphatic hydroxyl groups is 1. The van der Waals surface area contributed by atoms with Crippen molar-refractivity contribution in [1.82, 2.24) is 25.2 Å². The summed E-state index contributed by atoms with van der Waals surface area (Å²) in [5, 5.41) is 24.7. The van der Waals surface area contributed by atoms with Crippen molar-refractivity contribution in [3.63, 3.8) is 0 Å². The molecule has 1 N–H and O–H groups in total. The predicted molar refractivity (Wildman–Crippen MR) is 53.4 cm³/mol. The van der Waals surface area contributed by atoms with Gasteiger partial charge in [-0.25, -0.2) is 4.68 Å². The third kappa shape index (κ3) is 2.25. The van der Waals surface area contributed by atoms with Gasteiger partial charge in [0.1, 0.15) is 12.2 Å². The van der Waals surface area contributed by atoms with Crippen LogP contribution < -0.4 is 0 Å². The SMILES string of the molecule is CCc1nnc(Cn2cc(C(C)O)nn2)o1. The van der Waals surface area contributed by atoms with Crippen LogP contribution in [0.3, 0.4) is 0 Å². The number of aromatic nitrogens is 5. The molecule has 1 atom stereocenters. The minimum Gasteiger partial charge on any atom is -0.423 e. The van der Waals surface area contributed by atoms with E-state index in [2.05, 4.69) is 20.5 Å². The topological polar surface area (TPSA) is 89.9 Å². The Morgan fingerprint density at radius 2 is 2.12 bits per heavy atom. The van der Waals surface area contributed by atoms with Crippen molar-refractivity contribution < 1.29 is 9.52 Å². The first-order chi connectivity index (χ1) is 7.69. The molecule has 0 saturated carbocycles. The number of hydrogen-bond donors (Lipinski definition) is 1. The second-order valence-electron chi connectivity index (χ2n) is 3.46. The fourth-order valence-corrected chi connectivity index (χ4v) is 1.22. The summed E-state index contributed by atoms with van der Waals surface area (Å²) in [4.78, 5) is 0. The molecule has 2 aromatic heterocycles. The highest BCUT2D eigenvalue weighted by Gasteiger charge is 2.09. The first-order valence-corrected chi connectivity index (χ1v) is 5.08. The Bertz CT molecular complexity index is 462. The molecule has 0 radical (unpaired) electrons. The molecule has 86 valence electrons. The molecule has 2 aromatic rings. The van der Waals surface area contributed by atoms with Gasteiger partial charge in [0.2, 0.25) is 11.8 Å². The monoisotopic (exact) mass is 223 g/mol. The van der Waals surface area contributed by atoms with E-state index >= 15 is 0 Å². The van der Waals surface area contributed by atoms with E-state index in [1.807, 2.05) is 6.92 Å². The average Bonchev–Trinajstić information content (AvgIpc) is 2.87. The highest BCUT2D eigenvalue weighted by atomic mass is 16.4. The number of nitrogens with zero attached hydrogens (tertiary/aromatic N) is 5. The van der Waals surface area contributed by atoms with Crippen LogP contribution in [0.25, 0.3) is 0 Å². The van der Waals surface area contributed by atoms with Gasteiger partial charge in [-0.3, -0.25) is 0 Å². The molecule has 7 nitrogen and oxygen atoms in total. The van der Waals surface area contributed by atoms with Gasteiger partial charge >= 0.3 is 0 Å². The van der Waals surface area contributed by atoms with Gasteiger partial charge in [-0.2, -0.15) is 0 Å². The van der Waals surface area contributed by atoms with Crippen molar-refractivity contribution in [1.29, 1.82) is 0 Å². The fraction of sp³-hybridized carbons (Fsp3) is 0.556. The summed E-state index contributed by atoms with van der Waals surface area (Å²) in [5.41, 5.74) is 0.523. The largest absolute Gasteiger partial charge is 0.423 e. The lowest BCUT2D eigenvalue weighted by atomic mass is 10.3. The summed E-state index contributed by atoms with van der Waals surface area (Å²) >= 11 is 0. The summed E-state index contributed by atoms with van der Waals surface area (Å²) in [6.07, 6.45) is 1.74. The molecule has 2 heterocycles. The van der Waals surface area contributed by atoms with Crippen LogP contribution in [0.4, 0.5) is 0 Å². The molecular weight excluding hydrogens is 210 g/mol. The van der Waals surface area contributed by atoms with Crippen molar-refractivity contribution in [3.05, 3.63) is 23.7 Å². The number of rotatable bonds is 4. The van der Waals surface area contributed by atoms with Gasteiger partial charge in [-0.1, -0.05) is 12.1 Å². The first kappa shape index (κ1) is 10.7. The van der Waals surface area contributed by atoms with E-state index in [1.165, 1.54) is 0 Å². The molecule has 7 heteroatoms. The lowest BCUT2D eigenvalue weighted by Gasteiger charge is -1.95. The fourth-order valence-electron chi connectivity index (χ4n) is 1.22. The summed E-state index contributed by atoms with van der Waals surface area (Å²) < 4.78 is 6.88. The minimum absolute atomic E-state index is 0.368. The maximum absolute atomic E-state index is 9.28. The molecule has 0 spiro atoms. The van der Waals surface area contributed by atoms with E-state index in [-0.39, 0.29) is 0 Å². The van der Waals surface area contributed by atoms with Crippen LogP contribution >= 0.6 is 0 Å². The highest BCUT2D eigenvalue weighted by molar-refractivity contribution is 4.96. The molecule has 2 rings (SSSR count). The average molecular weight is 223 g/mol. The normalized spacial score (nSPS) is 12.9. The molecule has 0 amide bonds. The highest BCUT2D eigenvalue weighted by Crippen LogP contribution is 2.08. The summed E-state index contributed by atoms with van der Waals surface area (Å²) in [6.45, 7) is 3.95. The number of hydrogen-bond acceptors (Lipinski definition) is 6. The van der Waals surface area contributed by atoms with Gasteiger partial charge in [0.25, 0.3) is 0 Å². The van der Waals surface area contributed by atoms with Crippen LogP contribution in [-0.2, 0) is 13.0 Å². The Labute approximate surface area is 92.1 Å². The van der Waals surface area contributed by atoms with Gasteiger partial charge in [-0.15, -0.1) is 15.3 Å². The Hall–Kier alpha value is -1.76. The van der Waals surface area contributed by atoms with Crippen LogP contribution in [0.15, 0.2) is 10.6 Å². The minimum atomic E-state index is -0.623. The van der Waals surface area contributed by atoms with Crippen LogP contribution in [0.5, 0.6) is 0 Å². The van der Waals surface area contributed by atoms with Gasteiger partial charge in [0.15, 0.2) is 0 Å². The molecule has 0 aliphatic carbocycles. The molecule has 0 aromatic carbocycles. The van der Waals surface area contributed by atoms with Gasteiger partial charge in [0, 0.05) is 6.42 Å². The lowest BCUT2D eigenvalue weighted by molar-refractivity contribution is 0.194.